The third-order valence-electron chi connectivity index (χ3n) is 2.73. The Morgan fingerprint density at radius 2 is 1.75 bits per heavy atom. The predicted molar refractivity (Wildman–Crippen MR) is 78.2 cm³/mol. The summed E-state index contributed by atoms with van der Waals surface area (Å²) < 4.78 is 12.8. The fourth-order valence-electron chi connectivity index (χ4n) is 1.80. The van der Waals surface area contributed by atoms with Gasteiger partial charge in [-0.05, 0) is 42.9 Å². The van der Waals surface area contributed by atoms with Gasteiger partial charge in [-0.15, -0.1) is 0 Å². The van der Waals surface area contributed by atoms with Crippen molar-refractivity contribution in [2.75, 3.05) is 17.7 Å². The van der Waals surface area contributed by atoms with Crippen molar-refractivity contribution in [2.24, 2.45) is 0 Å². The number of carbonyl (C=O) groups excluding carboxylic acids is 1. The molecule has 2 amide bonds. The smallest absolute Gasteiger partial charge is 0.316 e. The second-order valence-corrected chi connectivity index (χ2v) is 4.27. The number of nitrogens with one attached hydrogen (secondary N) is 3. The van der Waals surface area contributed by atoms with E-state index < -0.39 is 0 Å². The van der Waals surface area contributed by atoms with Crippen LogP contribution >= 0.6 is 0 Å². The van der Waals surface area contributed by atoms with Gasteiger partial charge < -0.3 is 16.0 Å². The molecule has 0 spiro atoms. The number of benzene rings is 2. The van der Waals surface area contributed by atoms with Crippen LogP contribution in [0, 0.1) is 5.82 Å². The largest absolute Gasteiger partial charge is 0.323 e. The van der Waals surface area contributed by atoms with Crippen LogP contribution in [0.3, 0.4) is 0 Å². The zero-order valence-electron chi connectivity index (χ0n) is 11.1. The Morgan fingerprint density at radius 1 is 1.05 bits per heavy atom. The highest BCUT2D eigenvalue weighted by Gasteiger charge is 2.06. The van der Waals surface area contributed by atoms with Crippen molar-refractivity contribution in [1.82, 2.24) is 5.32 Å². The molecule has 0 bridgehead atoms. The van der Waals surface area contributed by atoms with Gasteiger partial charge in [0.1, 0.15) is 5.82 Å². The van der Waals surface area contributed by atoms with Gasteiger partial charge in [-0.2, -0.15) is 0 Å². The molecule has 0 unspecified atom stereocenters. The molecule has 0 heterocycles. The highest BCUT2D eigenvalue weighted by Crippen LogP contribution is 2.15. The molecule has 0 saturated carbocycles. The standard InChI is InChI=1S/C15H16FN3O/c1-17-10-11-4-2-3-5-14(11)19-15(20)18-13-8-6-12(16)7-9-13/h2-9,17H,10H2,1H3,(H2,18,19,20). The Bertz CT molecular complexity index is 584. The van der Waals surface area contributed by atoms with Gasteiger partial charge in [0.15, 0.2) is 0 Å². The average molecular weight is 273 g/mol. The van der Waals surface area contributed by atoms with Gasteiger partial charge in [-0.1, -0.05) is 18.2 Å². The van der Waals surface area contributed by atoms with E-state index in [-0.39, 0.29) is 11.8 Å². The summed E-state index contributed by atoms with van der Waals surface area (Å²) in [6.07, 6.45) is 0. The maximum atomic E-state index is 12.8. The molecular weight excluding hydrogens is 257 g/mol. The second-order valence-electron chi connectivity index (χ2n) is 4.27. The lowest BCUT2D eigenvalue weighted by atomic mass is 10.2. The monoisotopic (exact) mass is 273 g/mol. The van der Waals surface area contributed by atoms with Crippen LogP contribution < -0.4 is 16.0 Å². The summed E-state index contributed by atoms with van der Waals surface area (Å²) in [6.45, 7) is 0.660. The molecule has 0 aromatic heterocycles. The van der Waals surface area contributed by atoms with E-state index >= 15 is 0 Å². The molecule has 2 aromatic carbocycles. The number of rotatable bonds is 4. The predicted octanol–water partition coefficient (Wildman–Crippen LogP) is 3.19. The highest BCUT2D eigenvalue weighted by atomic mass is 19.1. The van der Waals surface area contributed by atoms with E-state index in [4.69, 9.17) is 0 Å². The summed E-state index contributed by atoms with van der Waals surface area (Å²) in [7, 11) is 1.84. The lowest BCUT2D eigenvalue weighted by Gasteiger charge is -2.11. The summed E-state index contributed by atoms with van der Waals surface area (Å²) >= 11 is 0. The lowest BCUT2D eigenvalue weighted by Crippen LogP contribution is -2.21. The molecular formula is C15H16FN3O. The van der Waals surface area contributed by atoms with E-state index in [2.05, 4.69) is 16.0 Å². The van der Waals surface area contributed by atoms with Gasteiger partial charge in [-0.3, -0.25) is 0 Å². The molecule has 0 aliphatic rings. The first-order valence-electron chi connectivity index (χ1n) is 6.25. The molecule has 0 saturated heterocycles. The van der Waals surface area contributed by atoms with Crippen LogP contribution in [0.1, 0.15) is 5.56 Å². The summed E-state index contributed by atoms with van der Waals surface area (Å²) in [4.78, 5) is 11.9. The molecule has 2 aromatic rings. The molecule has 104 valence electrons. The van der Waals surface area contributed by atoms with E-state index in [0.29, 0.717) is 12.2 Å². The van der Waals surface area contributed by atoms with Crippen molar-refractivity contribution in [3.63, 3.8) is 0 Å². The number of amides is 2. The number of hydrogen-bond donors (Lipinski definition) is 3. The van der Waals surface area contributed by atoms with Crippen molar-refractivity contribution < 1.29 is 9.18 Å². The first kappa shape index (κ1) is 14.0. The zero-order valence-corrected chi connectivity index (χ0v) is 11.1. The van der Waals surface area contributed by atoms with Crippen molar-refractivity contribution in [1.29, 1.82) is 0 Å². The molecule has 0 fully saturated rings. The summed E-state index contributed by atoms with van der Waals surface area (Å²) in [6, 6.07) is 12.8. The SMILES string of the molecule is CNCc1ccccc1NC(=O)Nc1ccc(F)cc1. The number of anilines is 2. The fraction of sp³-hybridized carbons (Fsp3) is 0.133. The van der Waals surface area contributed by atoms with Crippen LogP contribution in [0.2, 0.25) is 0 Å². The molecule has 3 N–H and O–H groups in total. The number of carbonyl (C=O) groups is 1. The number of para-hydroxylation sites is 1. The zero-order chi connectivity index (χ0) is 14.4. The summed E-state index contributed by atoms with van der Waals surface area (Å²) in [5.74, 6) is -0.338. The topological polar surface area (TPSA) is 53.2 Å². The Labute approximate surface area is 117 Å². The molecule has 0 atom stereocenters. The molecule has 4 nitrogen and oxygen atoms in total. The maximum Gasteiger partial charge on any atom is 0.323 e. The molecule has 20 heavy (non-hydrogen) atoms. The van der Waals surface area contributed by atoms with E-state index in [1.807, 2.05) is 31.3 Å². The van der Waals surface area contributed by atoms with E-state index in [0.717, 1.165) is 11.3 Å². The van der Waals surface area contributed by atoms with Gasteiger partial charge in [0.25, 0.3) is 0 Å². The van der Waals surface area contributed by atoms with Crippen molar-refractivity contribution in [3.8, 4) is 0 Å². The van der Waals surface area contributed by atoms with E-state index in [9.17, 15) is 9.18 Å². The summed E-state index contributed by atoms with van der Waals surface area (Å²) in [5, 5.41) is 8.46. The average Bonchev–Trinajstić information content (AvgIpc) is 2.44. The minimum Gasteiger partial charge on any atom is -0.316 e. The van der Waals surface area contributed by atoms with Gasteiger partial charge >= 0.3 is 6.03 Å². The minimum atomic E-state index is -0.361. The van der Waals surface area contributed by atoms with Crippen LogP contribution in [0.5, 0.6) is 0 Å². The normalized spacial score (nSPS) is 10.1. The van der Waals surface area contributed by atoms with Crippen molar-refractivity contribution >= 4 is 17.4 Å². The van der Waals surface area contributed by atoms with Gasteiger partial charge in [-0.25, -0.2) is 9.18 Å². The second kappa shape index (κ2) is 6.68. The first-order valence-corrected chi connectivity index (χ1v) is 6.25. The molecule has 5 heteroatoms. The number of urea groups is 1. The van der Waals surface area contributed by atoms with E-state index in [1.54, 1.807) is 0 Å². The Morgan fingerprint density at radius 3 is 2.45 bits per heavy atom. The van der Waals surface area contributed by atoms with E-state index in [1.165, 1.54) is 24.3 Å². The Kier molecular flexibility index (Phi) is 4.68. The lowest BCUT2D eigenvalue weighted by molar-refractivity contribution is 0.262. The Balaban J connectivity index is 2.02. The van der Waals surface area contributed by atoms with Gasteiger partial charge in [0, 0.05) is 17.9 Å². The first-order chi connectivity index (χ1) is 9.69. The van der Waals surface area contributed by atoms with Crippen LogP contribution in [-0.4, -0.2) is 13.1 Å². The van der Waals surface area contributed by atoms with Crippen LogP contribution in [-0.2, 0) is 6.54 Å². The van der Waals surface area contributed by atoms with Crippen molar-refractivity contribution in [2.45, 2.75) is 6.54 Å². The molecule has 0 aliphatic carbocycles. The minimum absolute atomic E-state index is 0.338. The molecule has 0 aliphatic heterocycles. The maximum absolute atomic E-state index is 12.8. The van der Waals surface area contributed by atoms with Crippen LogP contribution in [0.15, 0.2) is 48.5 Å². The van der Waals surface area contributed by atoms with Gasteiger partial charge in [0.2, 0.25) is 0 Å². The highest BCUT2D eigenvalue weighted by molar-refractivity contribution is 6.00. The van der Waals surface area contributed by atoms with Crippen LogP contribution in [0.4, 0.5) is 20.6 Å². The molecule has 2 rings (SSSR count). The van der Waals surface area contributed by atoms with Crippen LogP contribution in [0.25, 0.3) is 0 Å². The quantitative estimate of drug-likeness (QED) is 0.801. The number of hydrogen-bond acceptors (Lipinski definition) is 2. The number of halogens is 1. The van der Waals surface area contributed by atoms with Crippen molar-refractivity contribution in [3.05, 3.63) is 59.9 Å². The molecule has 0 radical (unpaired) electrons. The third-order valence-corrected chi connectivity index (χ3v) is 2.73. The fourth-order valence-corrected chi connectivity index (χ4v) is 1.80. The Hall–Kier alpha value is -2.40. The van der Waals surface area contributed by atoms with Gasteiger partial charge in [0.05, 0.1) is 0 Å². The third kappa shape index (κ3) is 3.80. The summed E-state index contributed by atoms with van der Waals surface area (Å²) in [5.41, 5.74) is 2.26.